The lowest BCUT2D eigenvalue weighted by Crippen LogP contribution is -2.63. The van der Waals surface area contributed by atoms with Gasteiger partial charge in [0.2, 0.25) is 17.6 Å². The number of piperidine rings is 1. The molecule has 3 aliphatic heterocycles. The number of carbonyl (C=O) groups is 5. The Morgan fingerprint density at radius 1 is 0.780 bits per heavy atom. The summed E-state index contributed by atoms with van der Waals surface area (Å²) in [6, 6.07) is -3.18. The van der Waals surface area contributed by atoms with Crippen molar-refractivity contribution in [2.75, 3.05) is 12.3 Å². The smallest absolute Gasteiger partial charge is 0.315 e. The highest BCUT2D eigenvalue weighted by atomic mass is 32.2. The average molecular weight is 718 g/mol. The highest BCUT2D eigenvalue weighted by Crippen LogP contribution is 2.65. The molecule has 6 fully saturated rings. The van der Waals surface area contributed by atoms with Gasteiger partial charge in [-0.05, 0) is 68.6 Å². The van der Waals surface area contributed by atoms with Crippen LogP contribution in [0.1, 0.15) is 136 Å². The first-order valence-electron chi connectivity index (χ1n) is 19.6. The summed E-state index contributed by atoms with van der Waals surface area (Å²) in [6.07, 6.45) is 14.8. The van der Waals surface area contributed by atoms with Crippen LogP contribution in [0.25, 0.3) is 0 Å². The van der Waals surface area contributed by atoms with Crippen molar-refractivity contribution in [3.8, 4) is 0 Å². The second-order valence-corrected chi connectivity index (χ2v) is 19.1. The molecule has 0 aromatic rings. The molecule has 6 aliphatic rings. The number of Topliss-reactive ketones (excluding diaryl/α,β-unsaturated/α-hetero) is 1. The molecule has 5 amide bonds. The number of fused-ring (bicyclic) bond motifs is 3. The second kappa shape index (κ2) is 15.1. The molecule has 0 aromatic heterocycles. The van der Waals surface area contributed by atoms with Gasteiger partial charge in [0.1, 0.15) is 12.1 Å². The minimum absolute atomic E-state index is 0.0189. The number of nitrogens with zero attached hydrogens (tertiary/aromatic N) is 1. The molecule has 50 heavy (non-hydrogen) atoms. The van der Waals surface area contributed by atoms with E-state index in [1.165, 1.54) is 0 Å². The van der Waals surface area contributed by atoms with Crippen LogP contribution in [0, 0.1) is 17.3 Å². The summed E-state index contributed by atoms with van der Waals surface area (Å²) in [5, 5.41) is 11.2. The van der Waals surface area contributed by atoms with Gasteiger partial charge in [-0.25, -0.2) is 13.2 Å². The Morgan fingerprint density at radius 2 is 1.40 bits per heavy atom. The van der Waals surface area contributed by atoms with Gasteiger partial charge in [0.25, 0.3) is 5.91 Å². The Balaban J connectivity index is 1.22. The lowest BCUT2D eigenvalue weighted by molar-refractivity contribution is -0.144. The zero-order valence-electron chi connectivity index (χ0n) is 30.1. The number of hydrogen-bond acceptors (Lipinski definition) is 7. The molecule has 0 spiro atoms. The highest BCUT2D eigenvalue weighted by molar-refractivity contribution is 7.92. The molecule has 3 saturated carbocycles. The summed E-state index contributed by atoms with van der Waals surface area (Å²) in [7, 11) is -3.34. The maximum atomic E-state index is 14.5. The minimum atomic E-state index is -3.34. The van der Waals surface area contributed by atoms with Gasteiger partial charge in [-0.3, -0.25) is 19.2 Å². The van der Waals surface area contributed by atoms with E-state index in [2.05, 4.69) is 35.1 Å². The van der Waals surface area contributed by atoms with Crippen LogP contribution in [0.4, 0.5) is 4.79 Å². The first-order chi connectivity index (χ1) is 23.8. The molecule has 12 nitrogen and oxygen atoms in total. The van der Waals surface area contributed by atoms with Crippen LogP contribution in [-0.4, -0.2) is 90.1 Å². The number of ketones is 1. The van der Waals surface area contributed by atoms with Gasteiger partial charge in [-0.2, -0.15) is 0 Å². The van der Waals surface area contributed by atoms with Gasteiger partial charge in [-0.15, -0.1) is 0 Å². The van der Waals surface area contributed by atoms with E-state index in [1.54, 1.807) is 4.90 Å². The zero-order valence-corrected chi connectivity index (χ0v) is 30.9. The van der Waals surface area contributed by atoms with Crippen molar-refractivity contribution < 1.29 is 32.4 Å². The van der Waals surface area contributed by atoms with Crippen molar-refractivity contribution >= 4 is 39.4 Å². The van der Waals surface area contributed by atoms with E-state index in [-0.39, 0.29) is 35.0 Å². The van der Waals surface area contributed by atoms with Crippen molar-refractivity contribution in [3.05, 3.63) is 0 Å². The number of sulfone groups is 1. The summed E-state index contributed by atoms with van der Waals surface area (Å²) in [5.41, 5.74) is -1.02. The van der Waals surface area contributed by atoms with E-state index in [1.807, 2.05) is 0 Å². The van der Waals surface area contributed by atoms with Gasteiger partial charge in [-0.1, -0.05) is 84.5 Å². The average Bonchev–Trinajstić information content (AvgIpc) is 3.85. The summed E-state index contributed by atoms with van der Waals surface area (Å²) >= 11 is 0. The Kier molecular flexibility index (Phi) is 11.2. The van der Waals surface area contributed by atoms with E-state index in [0.717, 1.165) is 77.0 Å². The predicted molar refractivity (Wildman–Crippen MR) is 189 cm³/mol. The molecule has 0 bridgehead atoms. The molecule has 0 radical (unpaired) electrons. The van der Waals surface area contributed by atoms with E-state index >= 15 is 0 Å². The summed E-state index contributed by atoms with van der Waals surface area (Å²) in [4.78, 5) is 70.3. The largest absolute Gasteiger partial charge is 0.347 e. The van der Waals surface area contributed by atoms with E-state index < -0.39 is 62.4 Å². The molecular weight excluding hydrogens is 659 g/mol. The highest BCUT2D eigenvalue weighted by Gasteiger charge is 2.69. The maximum Gasteiger partial charge on any atom is 0.315 e. The molecular formula is C37H59N5O7S. The topological polar surface area (TPSA) is 171 Å². The minimum Gasteiger partial charge on any atom is -0.347 e. The Hall–Kier alpha value is -2.70. The molecule has 13 heteroatoms. The number of hydrogen-bond donors (Lipinski definition) is 4. The van der Waals surface area contributed by atoms with Crippen LogP contribution < -0.4 is 21.3 Å². The zero-order chi connectivity index (χ0) is 35.7. The Labute approximate surface area is 297 Å². The number of urea groups is 1. The van der Waals surface area contributed by atoms with Crippen LogP contribution in [0.3, 0.4) is 0 Å². The van der Waals surface area contributed by atoms with E-state index in [0.29, 0.717) is 51.5 Å². The fraction of sp³-hybridized carbons (Fsp3) is 0.865. The SMILES string of the molecule is CC1(C)[C@@H]2[C@H]3C(=O)N[C@H](C(=O)C(=O)NC4CC4)CCCCCCCCCC[C@H](NC(=O)NC4([C@@H]5CCCS5(=O)=O)CCCCC4)C(=O)N3C[C@@H]21. The third-order valence-corrected chi connectivity index (χ3v) is 15.3. The number of nitrogens with one attached hydrogen (secondary N) is 4. The number of rotatable bonds is 6. The maximum absolute atomic E-state index is 14.5. The van der Waals surface area contributed by atoms with Crippen LogP contribution >= 0.6 is 0 Å². The molecule has 6 rings (SSSR count). The standard InChI is InChI=1S/C37H59N5O7S/c1-36(2)25-23-42-30(29(25)36)32(44)39-26(31(43)33(45)38-24-18-19-24)15-10-7-5-3-4-6-8-11-16-27(34(42)46)40-35(47)41-37(20-12-9-13-21-37)28-17-14-22-50(28,48)49/h24-30H,3-23H2,1-2H3,(H,38,45)(H,39,44)(H2,40,41,47)/t25-,26-,27-,28-,29-,30-/m0/s1. The third-order valence-electron chi connectivity index (χ3n) is 12.9. The Bertz CT molecular complexity index is 1420. The molecule has 6 atom stereocenters. The predicted octanol–water partition coefficient (Wildman–Crippen LogP) is 3.66. The van der Waals surface area contributed by atoms with Crippen molar-refractivity contribution in [1.82, 2.24) is 26.2 Å². The number of carbonyl (C=O) groups excluding carboxylic acids is 5. The quantitative estimate of drug-likeness (QED) is 0.304. The van der Waals surface area contributed by atoms with Crippen LogP contribution in [0.2, 0.25) is 0 Å². The van der Waals surface area contributed by atoms with Crippen LogP contribution in [0.15, 0.2) is 0 Å². The normalized spacial score (nSPS) is 34.3. The Morgan fingerprint density at radius 3 is 2.02 bits per heavy atom. The molecule has 280 valence electrons. The molecule has 4 N–H and O–H groups in total. The molecule has 3 saturated heterocycles. The first kappa shape index (κ1) is 37.1. The fourth-order valence-corrected chi connectivity index (χ4v) is 12.1. The van der Waals surface area contributed by atoms with Gasteiger partial charge in [0.15, 0.2) is 9.84 Å². The lowest BCUT2D eigenvalue weighted by Gasteiger charge is -2.42. The van der Waals surface area contributed by atoms with Gasteiger partial charge in [0.05, 0.1) is 22.6 Å². The van der Waals surface area contributed by atoms with E-state index in [9.17, 15) is 32.4 Å². The van der Waals surface area contributed by atoms with Gasteiger partial charge < -0.3 is 26.2 Å². The second-order valence-electron chi connectivity index (χ2n) is 16.8. The summed E-state index contributed by atoms with van der Waals surface area (Å²) in [6.45, 7) is 4.56. The van der Waals surface area contributed by atoms with Crippen molar-refractivity contribution in [2.24, 2.45) is 17.3 Å². The van der Waals surface area contributed by atoms with Crippen LogP contribution in [-0.2, 0) is 29.0 Å². The van der Waals surface area contributed by atoms with Gasteiger partial charge in [0, 0.05) is 12.6 Å². The number of amides is 5. The fourth-order valence-electron chi connectivity index (χ4n) is 9.74. The summed E-state index contributed by atoms with van der Waals surface area (Å²) in [5.74, 6) is -1.91. The molecule has 3 aliphatic carbocycles. The van der Waals surface area contributed by atoms with Crippen molar-refractivity contribution in [3.63, 3.8) is 0 Å². The van der Waals surface area contributed by atoms with Gasteiger partial charge >= 0.3 is 6.03 Å². The van der Waals surface area contributed by atoms with Crippen molar-refractivity contribution in [2.45, 2.75) is 171 Å². The van der Waals surface area contributed by atoms with E-state index in [4.69, 9.17) is 0 Å². The molecule has 0 aromatic carbocycles. The molecule has 3 heterocycles. The summed E-state index contributed by atoms with van der Waals surface area (Å²) < 4.78 is 26.2. The van der Waals surface area contributed by atoms with Crippen LogP contribution in [0.5, 0.6) is 0 Å². The molecule has 0 unspecified atom stereocenters. The third kappa shape index (κ3) is 8.02. The first-order valence-corrected chi connectivity index (χ1v) is 21.3. The van der Waals surface area contributed by atoms with Crippen molar-refractivity contribution in [1.29, 1.82) is 0 Å². The lowest BCUT2D eigenvalue weighted by atomic mass is 9.78. The monoisotopic (exact) mass is 717 g/mol.